The Morgan fingerprint density at radius 3 is 2.67 bits per heavy atom. The van der Waals surface area contributed by atoms with Crippen molar-refractivity contribution in [2.45, 2.75) is 25.5 Å². The fraction of sp³-hybridized carbons (Fsp3) is 0.438. The molecule has 0 bridgehead atoms. The highest BCUT2D eigenvalue weighted by Gasteiger charge is 2.18. The standard InChI is InChI=1S/C16H20N2O3/c1-20-15-4-2-12(3-5-15)16-17-13(11-21-16)10-18-8-6-14(19)7-9-18/h2-5,11,14,19H,6-10H2,1H3. The maximum atomic E-state index is 9.52. The molecule has 1 aromatic carbocycles. The topological polar surface area (TPSA) is 58.7 Å². The summed E-state index contributed by atoms with van der Waals surface area (Å²) < 4.78 is 10.7. The monoisotopic (exact) mass is 288 g/mol. The average Bonchev–Trinajstić information content (AvgIpc) is 2.98. The summed E-state index contributed by atoms with van der Waals surface area (Å²) >= 11 is 0. The van der Waals surface area contributed by atoms with Gasteiger partial charge in [0.25, 0.3) is 0 Å². The fourth-order valence-corrected chi connectivity index (χ4v) is 2.55. The first-order chi connectivity index (χ1) is 10.2. The number of aromatic nitrogens is 1. The van der Waals surface area contributed by atoms with E-state index in [0.717, 1.165) is 49.5 Å². The van der Waals surface area contributed by atoms with Gasteiger partial charge in [0, 0.05) is 25.2 Å². The number of oxazole rings is 1. The van der Waals surface area contributed by atoms with Crippen LogP contribution in [0.1, 0.15) is 18.5 Å². The molecule has 5 heteroatoms. The van der Waals surface area contributed by atoms with E-state index in [1.165, 1.54) is 0 Å². The van der Waals surface area contributed by atoms with Crippen LogP contribution in [0, 0.1) is 0 Å². The Bertz CT molecular complexity index is 571. The number of hydrogen-bond acceptors (Lipinski definition) is 5. The van der Waals surface area contributed by atoms with Gasteiger partial charge in [0.2, 0.25) is 5.89 Å². The summed E-state index contributed by atoms with van der Waals surface area (Å²) in [6.07, 6.45) is 3.24. The van der Waals surface area contributed by atoms with E-state index in [-0.39, 0.29) is 6.10 Å². The summed E-state index contributed by atoms with van der Waals surface area (Å²) in [6.45, 7) is 2.59. The van der Waals surface area contributed by atoms with E-state index in [0.29, 0.717) is 5.89 Å². The molecule has 3 rings (SSSR count). The minimum absolute atomic E-state index is 0.145. The molecule has 0 atom stereocenters. The van der Waals surface area contributed by atoms with Crippen molar-refractivity contribution in [2.24, 2.45) is 0 Å². The molecule has 1 aliphatic rings. The van der Waals surface area contributed by atoms with E-state index >= 15 is 0 Å². The first-order valence-corrected chi connectivity index (χ1v) is 7.24. The van der Waals surface area contributed by atoms with Crippen LogP contribution in [0.25, 0.3) is 11.5 Å². The molecule has 1 N–H and O–H groups in total. The number of methoxy groups -OCH3 is 1. The maximum absolute atomic E-state index is 9.52. The Labute approximate surface area is 124 Å². The van der Waals surface area contributed by atoms with Gasteiger partial charge < -0.3 is 14.3 Å². The molecule has 0 spiro atoms. The number of benzene rings is 1. The van der Waals surface area contributed by atoms with Crippen molar-refractivity contribution in [3.05, 3.63) is 36.2 Å². The van der Waals surface area contributed by atoms with E-state index in [1.807, 2.05) is 24.3 Å². The van der Waals surface area contributed by atoms with E-state index in [9.17, 15) is 5.11 Å². The zero-order chi connectivity index (χ0) is 14.7. The molecule has 2 aromatic rings. The fourth-order valence-electron chi connectivity index (χ4n) is 2.55. The molecule has 1 fully saturated rings. The molecule has 112 valence electrons. The number of likely N-dealkylation sites (tertiary alicyclic amines) is 1. The summed E-state index contributed by atoms with van der Waals surface area (Å²) in [6, 6.07) is 7.66. The van der Waals surface area contributed by atoms with Crippen molar-refractivity contribution >= 4 is 0 Å². The molecule has 0 unspecified atom stereocenters. The SMILES string of the molecule is COc1ccc(-c2nc(CN3CCC(O)CC3)co2)cc1. The molecule has 0 amide bonds. The zero-order valence-electron chi connectivity index (χ0n) is 12.2. The van der Waals surface area contributed by atoms with Crippen LogP contribution in [0.5, 0.6) is 5.75 Å². The van der Waals surface area contributed by atoms with Crippen molar-refractivity contribution in [1.29, 1.82) is 0 Å². The quantitative estimate of drug-likeness (QED) is 0.935. The summed E-state index contributed by atoms with van der Waals surface area (Å²) in [5, 5.41) is 9.52. The van der Waals surface area contributed by atoms with Crippen LogP contribution in [0.4, 0.5) is 0 Å². The molecular formula is C16H20N2O3. The van der Waals surface area contributed by atoms with Gasteiger partial charge in [-0.25, -0.2) is 4.98 Å². The van der Waals surface area contributed by atoms with Gasteiger partial charge in [-0.15, -0.1) is 0 Å². The zero-order valence-corrected chi connectivity index (χ0v) is 12.2. The highest BCUT2D eigenvalue weighted by Crippen LogP contribution is 2.22. The van der Waals surface area contributed by atoms with E-state index < -0.39 is 0 Å². The van der Waals surface area contributed by atoms with Gasteiger partial charge >= 0.3 is 0 Å². The number of ether oxygens (including phenoxy) is 1. The summed E-state index contributed by atoms with van der Waals surface area (Å²) in [7, 11) is 1.65. The number of aliphatic hydroxyl groups is 1. The lowest BCUT2D eigenvalue weighted by Gasteiger charge is -2.28. The van der Waals surface area contributed by atoms with Gasteiger partial charge in [0.1, 0.15) is 12.0 Å². The largest absolute Gasteiger partial charge is 0.497 e. The third-order valence-electron chi connectivity index (χ3n) is 3.83. The lowest BCUT2D eigenvalue weighted by atomic mass is 10.1. The highest BCUT2D eigenvalue weighted by molar-refractivity contribution is 5.54. The average molecular weight is 288 g/mol. The smallest absolute Gasteiger partial charge is 0.226 e. The predicted molar refractivity (Wildman–Crippen MR) is 79.0 cm³/mol. The predicted octanol–water partition coefficient (Wildman–Crippen LogP) is 2.31. The second-order valence-corrected chi connectivity index (χ2v) is 5.38. The number of rotatable bonds is 4. The molecule has 21 heavy (non-hydrogen) atoms. The lowest BCUT2D eigenvalue weighted by molar-refractivity contribution is 0.0786. The van der Waals surface area contributed by atoms with Crippen molar-refractivity contribution in [1.82, 2.24) is 9.88 Å². The van der Waals surface area contributed by atoms with Crippen LogP contribution in [-0.4, -0.2) is 41.3 Å². The summed E-state index contributed by atoms with van der Waals surface area (Å²) in [5.74, 6) is 1.45. The Morgan fingerprint density at radius 1 is 1.29 bits per heavy atom. The molecule has 0 radical (unpaired) electrons. The van der Waals surface area contributed by atoms with Gasteiger partial charge in [-0.2, -0.15) is 0 Å². The molecule has 2 heterocycles. The Morgan fingerprint density at radius 2 is 2.00 bits per heavy atom. The van der Waals surface area contributed by atoms with Crippen molar-refractivity contribution < 1.29 is 14.3 Å². The minimum Gasteiger partial charge on any atom is -0.497 e. The van der Waals surface area contributed by atoms with Crippen LogP contribution in [0.3, 0.4) is 0 Å². The Kier molecular flexibility index (Phi) is 4.22. The maximum Gasteiger partial charge on any atom is 0.226 e. The molecule has 0 aliphatic carbocycles. The normalized spacial score (nSPS) is 17.0. The van der Waals surface area contributed by atoms with Crippen LogP contribution >= 0.6 is 0 Å². The lowest BCUT2D eigenvalue weighted by Crippen LogP contribution is -2.35. The summed E-state index contributed by atoms with van der Waals surface area (Å²) in [5.41, 5.74) is 1.87. The van der Waals surface area contributed by atoms with Crippen LogP contribution in [0.2, 0.25) is 0 Å². The number of piperidine rings is 1. The molecule has 1 aliphatic heterocycles. The number of aliphatic hydroxyl groups excluding tert-OH is 1. The van der Waals surface area contributed by atoms with Crippen LogP contribution < -0.4 is 4.74 Å². The molecule has 5 nitrogen and oxygen atoms in total. The van der Waals surface area contributed by atoms with E-state index in [2.05, 4.69) is 9.88 Å². The van der Waals surface area contributed by atoms with Crippen molar-refractivity contribution in [2.75, 3.05) is 20.2 Å². The first-order valence-electron chi connectivity index (χ1n) is 7.24. The van der Waals surface area contributed by atoms with Crippen molar-refractivity contribution in [3.63, 3.8) is 0 Å². The van der Waals surface area contributed by atoms with E-state index in [1.54, 1.807) is 13.4 Å². The number of hydrogen-bond donors (Lipinski definition) is 1. The van der Waals surface area contributed by atoms with Gasteiger partial charge in [-0.3, -0.25) is 4.90 Å². The second kappa shape index (κ2) is 6.28. The van der Waals surface area contributed by atoms with E-state index in [4.69, 9.17) is 9.15 Å². The molecular weight excluding hydrogens is 268 g/mol. The first kappa shape index (κ1) is 14.1. The van der Waals surface area contributed by atoms with Crippen LogP contribution in [-0.2, 0) is 6.54 Å². The number of nitrogens with zero attached hydrogens (tertiary/aromatic N) is 2. The molecule has 1 saturated heterocycles. The van der Waals surface area contributed by atoms with Gasteiger partial charge in [-0.05, 0) is 37.1 Å². The third kappa shape index (κ3) is 3.43. The minimum atomic E-state index is -0.145. The molecule has 1 aromatic heterocycles. The highest BCUT2D eigenvalue weighted by atomic mass is 16.5. The van der Waals surface area contributed by atoms with Gasteiger partial charge in [0.15, 0.2) is 0 Å². The third-order valence-corrected chi connectivity index (χ3v) is 3.83. The van der Waals surface area contributed by atoms with Crippen LogP contribution in [0.15, 0.2) is 34.9 Å². The van der Waals surface area contributed by atoms with Gasteiger partial charge in [0.05, 0.1) is 18.9 Å². The Hall–Kier alpha value is -1.85. The Balaban J connectivity index is 1.65. The second-order valence-electron chi connectivity index (χ2n) is 5.38. The van der Waals surface area contributed by atoms with Gasteiger partial charge in [-0.1, -0.05) is 0 Å². The van der Waals surface area contributed by atoms with Crippen molar-refractivity contribution in [3.8, 4) is 17.2 Å². The molecule has 0 saturated carbocycles. The summed E-state index contributed by atoms with van der Waals surface area (Å²) in [4.78, 5) is 6.83.